The number of ether oxygens (including phenoxy) is 1. The van der Waals surface area contributed by atoms with Crippen molar-refractivity contribution in [1.82, 2.24) is 24.8 Å². The predicted octanol–water partition coefficient (Wildman–Crippen LogP) is 3.60. The standard InChI is InChI=1S/C24H26N6O3/c1-15-4-5-16(12-25-15)19-6-7-20-21(27-19)22-17(13-26-20)14-28(2)23(31)30(22)18-8-10-29(11-9-18)24(32)33-3/h4-7,12-13,18H,8-11,14H2,1-3H3. The fourth-order valence-corrected chi connectivity index (χ4v) is 4.63. The molecule has 1 saturated heterocycles. The summed E-state index contributed by atoms with van der Waals surface area (Å²) in [6, 6.07) is 7.73. The Hall–Kier alpha value is -3.75. The molecule has 9 nitrogen and oxygen atoms in total. The predicted molar refractivity (Wildman–Crippen MR) is 124 cm³/mol. The monoisotopic (exact) mass is 446 g/mol. The van der Waals surface area contributed by atoms with Crippen LogP contribution in [0.4, 0.5) is 15.3 Å². The zero-order valence-electron chi connectivity index (χ0n) is 19.0. The van der Waals surface area contributed by atoms with Crippen molar-refractivity contribution < 1.29 is 14.3 Å². The molecule has 0 N–H and O–H groups in total. The maximum atomic E-state index is 13.4. The maximum Gasteiger partial charge on any atom is 0.409 e. The first-order chi connectivity index (χ1) is 16.0. The molecule has 33 heavy (non-hydrogen) atoms. The van der Waals surface area contributed by atoms with Crippen molar-refractivity contribution >= 4 is 28.8 Å². The molecule has 9 heteroatoms. The van der Waals surface area contributed by atoms with E-state index in [4.69, 9.17) is 9.72 Å². The van der Waals surface area contributed by atoms with Gasteiger partial charge in [0.25, 0.3) is 0 Å². The van der Waals surface area contributed by atoms with E-state index in [0.29, 0.717) is 38.0 Å². The summed E-state index contributed by atoms with van der Waals surface area (Å²) >= 11 is 0. The van der Waals surface area contributed by atoms with Gasteiger partial charge in [-0.25, -0.2) is 14.6 Å². The highest BCUT2D eigenvalue weighted by atomic mass is 16.5. The number of pyridine rings is 3. The topological polar surface area (TPSA) is 91.8 Å². The fourth-order valence-electron chi connectivity index (χ4n) is 4.63. The Morgan fingerprint density at radius 2 is 1.88 bits per heavy atom. The highest BCUT2D eigenvalue weighted by molar-refractivity contribution is 6.04. The molecule has 5 heterocycles. The minimum atomic E-state index is -0.330. The molecular formula is C24H26N6O3. The van der Waals surface area contributed by atoms with Crippen molar-refractivity contribution in [2.75, 3.05) is 32.1 Å². The number of amides is 3. The molecule has 0 unspecified atom stereocenters. The van der Waals surface area contributed by atoms with Crippen molar-refractivity contribution in [3.63, 3.8) is 0 Å². The molecular weight excluding hydrogens is 420 g/mol. The number of hydrogen-bond acceptors (Lipinski definition) is 6. The normalized spacial score (nSPS) is 16.8. The first-order valence-corrected chi connectivity index (χ1v) is 11.0. The van der Waals surface area contributed by atoms with E-state index >= 15 is 0 Å². The summed E-state index contributed by atoms with van der Waals surface area (Å²) in [6.45, 7) is 3.50. The van der Waals surface area contributed by atoms with Crippen LogP contribution in [0.3, 0.4) is 0 Å². The number of hydrogen-bond donors (Lipinski definition) is 0. The van der Waals surface area contributed by atoms with Crippen LogP contribution in [0.15, 0.2) is 36.7 Å². The quantitative estimate of drug-likeness (QED) is 0.597. The third kappa shape index (κ3) is 3.73. The molecule has 3 aromatic rings. The van der Waals surface area contributed by atoms with Crippen LogP contribution >= 0.6 is 0 Å². The Morgan fingerprint density at radius 3 is 2.58 bits per heavy atom. The van der Waals surface area contributed by atoms with Crippen molar-refractivity contribution in [2.45, 2.75) is 32.4 Å². The SMILES string of the molecule is COC(=O)N1CCC(N2C(=O)N(C)Cc3cnc4ccc(-c5ccc(C)nc5)nc4c32)CC1. The van der Waals surface area contributed by atoms with Crippen LogP contribution < -0.4 is 4.90 Å². The molecule has 3 aromatic heterocycles. The summed E-state index contributed by atoms with van der Waals surface area (Å²) in [5, 5.41) is 0. The van der Waals surface area contributed by atoms with E-state index in [1.807, 2.05) is 48.5 Å². The van der Waals surface area contributed by atoms with E-state index < -0.39 is 0 Å². The van der Waals surface area contributed by atoms with Gasteiger partial charge >= 0.3 is 12.1 Å². The van der Waals surface area contributed by atoms with Crippen molar-refractivity contribution in [3.05, 3.63) is 47.9 Å². The van der Waals surface area contributed by atoms with Crippen molar-refractivity contribution in [3.8, 4) is 11.3 Å². The Morgan fingerprint density at radius 1 is 1.09 bits per heavy atom. The Balaban J connectivity index is 1.58. The average molecular weight is 447 g/mol. The van der Waals surface area contributed by atoms with E-state index in [1.165, 1.54) is 7.11 Å². The van der Waals surface area contributed by atoms with Crippen LogP contribution in [0.1, 0.15) is 24.1 Å². The lowest BCUT2D eigenvalue weighted by molar-refractivity contribution is 0.111. The van der Waals surface area contributed by atoms with Crippen molar-refractivity contribution in [1.29, 1.82) is 0 Å². The molecule has 0 bridgehead atoms. The molecule has 0 spiro atoms. The third-order valence-corrected chi connectivity index (χ3v) is 6.41. The first-order valence-electron chi connectivity index (χ1n) is 11.0. The van der Waals surface area contributed by atoms with Gasteiger partial charge in [0.2, 0.25) is 0 Å². The second kappa shape index (κ2) is 8.31. The lowest BCUT2D eigenvalue weighted by Gasteiger charge is -2.43. The number of piperidine rings is 1. The van der Waals surface area contributed by atoms with E-state index in [0.717, 1.165) is 33.7 Å². The molecule has 0 atom stereocenters. The summed E-state index contributed by atoms with van der Waals surface area (Å²) in [5.74, 6) is 0. The minimum absolute atomic E-state index is 0.0444. The van der Waals surface area contributed by atoms with Crippen LogP contribution in [-0.4, -0.2) is 70.2 Å². The zero-order valence-corrected chi connectivity index (χ0v) is 19.0. The Labute approximate surface area is 192 Å². The average Bonchev–Trinajstić information content (AvgIpc) is 2.84. The molecule has 1 fully saturated rings. The van der Waals surface area contributed by atoms with Gasteiger partial charge in [-0.1, -0.05) is 0 Å². The fraction of sp³-hybridized carbons (Fsp3) is 0.375. The van der Waals surface area contributed by atoms with E-state index in [9.17, 15) is 9.59 Å². The maximum absolute atomic E-state index is 13.4. The second-order valence-electron chi connectivity index (χ2n) is 8.58. The number of rotatable bonds is 2. The van der Waals surface area contributed by atoms with Crippen LogP contribution in [0, 0.1) is 6.92 Å². The van der Waals surface area contributed by atoms with Gasteiger partial charge in [-0.05, 0) is 44.0 Å². The van der Waals surface area contributed by atoms with Crippen LogP contribution in [0.2, 0.25) is 0 Å². The largest absolute Gasteiger partial charge is 0.453 e. The highest BCUT2D eigenvalue weighted by Crippen LogP contribution is 2.37. The molecule has 5 rings (SSSR count). The molecule has 170 valence electrons. The number of aryl methyl sites for hydroxylation is 1. The number of urea groups is 1. The number of methoxy groups -OCH3 is 1. The highest BCUT2D eigenvalue weighted by Gasteiger charge is 2.38. The van der Waals surface area contributed by atoms with E-state index in [-0.39, 0.29) is 18.2 Å². The zero-order chi connectivity index (χ0) is 23.1. The first kappa shape index (κ1) is 21.1. The van der Waals surface area contributed by atoms with Crippen LogP contribution in [0.25, 0.3) is 22.3 Å². The summed E-state index contributed by atoms with van der Waals surface area (Å²) in [5.41, 5.74) is 5.88. The molecule has 0 aromatic carbocycles. The lowest BCUT2D eigenvalue weighted by atomic mass is 9.99. The number of fused-ring (bicyclic) bond motifs is 3. The number of carbonyl (C=O) groups excluding carboxylic acids is 2. The Kier molecular flexibility index (Phi) is 5.32. The molecule has 0 saturated carbocycles. The van der Waals surface area contributed by atoms with Gasteiger partial charge in [-0.2, -0.15) is 0 Å². The summed E-state index contributed by atoms with van der Waals surface area (Å²) in [6.07, 6.45) is 4.65. The number of nitrogens with zero attached hydrogens (tertiary/aromatic N) is 6. The van der Waals surface area contributed by atoms with Gasteiger partial charge in [0.05, 0.1) is 30.6 Å². The molecule has 0 aliphatic carbocycles. The van der Waals surface area contributed by atoms with Crippen LogP contribution in [-0.2, 0) is 11.3 Å². The van der Waals surface area contributed by atoms with E-state index in [1.54, 1.807) is 16.8 Å². The van der Waals surface area contributed by atoms with Gasteiger partial charge in [0.15, 0.2) is 0 Å². The summed E-state index contributed by atoms with van der Waals surface area (Å²) in [4.78, 5) is 44.5. The van der Waals surface area contributed by atoms with Gasteiger partial charge < -0.3 is 14.5 Å². The summed E-state index contributed by atoms with van der Waals surface area (Å²) in [7, 11) is 3.19. The molecule has 3 amide bonds. The number of aromatic nitrogens is 3. The van der Waals surface area contributed by atoms with Gasteiger partial charge in [0, 0.05) is 55.4 Å². The van der Waals surface area contributed by atoms with E-state index in [2.05, 4.69) is 9.97 Å². The second-order valence-corrected chi connectivity index (χ2v) is 8.58. The van der Waals surface area contributed by atoms with Gasteiger partial charge in [-0.3, -0.25) is 14.9 Å². The number of likely N-dealkylation sites (tertiary alicyclic amines) is 1. The number of carbonyl (C=O) groups is 2. The molecule has 2 aliphatic heterocycles. The smallest absolute Gasteiger partial charge is 0.409 e. The van der Waals surface area contributed by atoms with Crippen molar-refractivity contribution in [2.24, 2.45) is 0 Å². The third-order valence-electron chi connectivity index (χ3n) is 6.41. The van der Waals surface area contributed by atoms with Gasteiger partial charge in [-0.15, -0.1) is 0 Å². The van der Waals surface area contributed by atoms with Gasteiger partial charge in [0.1, 0.15) is 5.52 Å². The molecule has 0 radical (unpaired) electrons. The lowest BCUT2D eigenvalue weighted by Crippen LogP contribution is -2.54. The Bertz CT molecular complexity index is 1220. The summed E-state index contributed by atoms with van der Waals surface area (Å²) < 4.78 is 4.86. The number of anilines is 1. The molecule has 2 aliphatic rings. The minimum Gasteiger partial charge on any atom is -0.453 e. The van der Waals surface area contributed by atoms with Crippen LogP contribution in [0.5, 0.6) is 0 Å².